The number of anilines is 1. The number of carbonyl (C=O) groups excluding carboxylic acids is 1. The van der Waals surface area contributed by atoms with Gasteiger partial charge in [-0.25, -0.2) is 4.98 Å². The summed E-state index contributed by atoms with van der Waals surface area (Å²) in [7, 11) is 1.48. The van der Waals surface area contributed by atoms with Gasteiger partial charge < -0.3 is 10.1 Å². The third-order valence-electron chi connectivity index (χ3n) is 2.36. The van der Waals surface area contributed by atoms with Crippen LogP contribution in [0.3, 0.4) is 0 Å². The highest BCUT2D eigenvalue weighted by atomic mass is 35.5. The molecule has 0 aliphatic heterocycles. The lowest BCUT2D eigenvalue weighted by atomic mass is 10.2. The number of pyridine rings is 1. The van der Waals surface area contributed by atoms with Gasteiger partial charge >= 0.3 is 0 Å². The van der Waals surface area contributed by atoms with Crippen molar-refractivity contribution in [3.8, 4) is 5.75 Å². The molecule has 1 amide bonds. The van der Waals surface area contributed by atoms with E-state index in [2.05, 4.69) is 10.3 Å². The summed E-state index contributed by atoms with van der Waals surface area (Å²) in [5.74, 6) is 0.428. The molecular weight excluding hydrogens is 287 g/mol. The minimum Gasteiger partial charge on any atom is -0.496 e. The number of amides is 1. The van der Waals surface area contributed by atoms with Crippen LogP contribution in [0.5, 0.6) is 5.75 Å². The molecule has 1 heterocycles. The van der Waals surface area contributed by atoms with Crippen molar-refractivity contribution in [1.29, 1.82) is 0 Å². The molecule has 1 N–H and O–H groups in total. The summed E-state index contributed by atoms with van der Waals surface area (Å²) in [6.07, 6.45) is 0. The van der Waals surface area contributed by atoms with Crippen molar-refractivity contribution in [2.75, 3.05) is 12.4 Å². The molecule has 0 aliphatic rings. The first-order valence-corrected chi connectivity index (χ1v) is 6.13. The number of nitrogens with zero attached hydrogens (tertiary/aromatic N) is 1. The van der Waals surface area contributed by atoms with Gasteiger partial charge in [0.1, 0.15) is 16.7 Å². The minimum atomic E-state index is -0.367. The number of benzene rings is 1. The molecule has 0 atom stereocenters. The number of carbonyl (C=O) groups is 1. The Labute approximate surface area is 120 Å². The summed E-state index contributed by atoms with van der Waals surface area (Å²) < 4.78 is 5.12. The largest absolute Gasteiger partial charge is 0.496 e. The standard InChI is InChI=1S/C13H10Cl2N2O2/c1-19-10-6-5-8(14)7-9(10)13(18)17-12-4-2-3-11(15)16-12/h2-7H,1H3,(H,16,17,18). The quantitative estimate of drug-likeness (QED) is 0.880. The van der Waals surface area contributed by atoms with Gasteiger partial charge in [-0.3, -0.25) is 4.79 Å². The summed E-state index contributed by atoms with van der Waals surface area (Å²) >= 11 is 11.6. The van der Waals surface area contributed by atoms with Crippen molar-refractivity contribution >= 4 is 34.9 Å². The molecule has 2 rings (SSSR count). The Hall–Kier alpha value is -1.78. The van der Waals surface area contributed by atoms with Crippen molar-refractivity contribution in [1.82, 2.24) is 4.98 Å². The number of hydrogen-bond acceptors (Lipinski definition) is 3. The molecule has 1 aromatic heterocycles. The predicted octanol–water partition coefficient (Wildman–Crippen LogP) is 3.65. The fraction of sp³-hybridized carbons (Fsp3) is 0.0769. The molecular formula is C13H10Cl2N2O2. The van der Waals surface area contributed by atoms with Gasteiger partial charge in [-0.15, -0.1) is 0 Å². The molecule has 0 radical (unpaired) electrons. The second-order valence-corrected chi connectivity index (χ2v) is 4.47. The topological polar surface area (TPSA) is 51.2 Å². The maximum Gasteiger partial charge on any atom is 0.260 e. The Balaban J connectivity index is 2.27. The third-order valence-corrected chi connectivity index (χ3v) is 2.81. The number of nitrogens with one attached hydrogen (secondary N) is 1. The van der Waals surface area contributed by atoms with Crippen LogP contribution in [-0.4, -0.2) is 18.0 Å². The first-order chi connectivity index (χ1) is 9.10. The van der Waals surface area contributed by atoms with Crippen LogP contribution in [0.1, 0.15) is 10.4 Å². The van der Waals surface area contributed by atoms with Gasteiger partial charge in [-0.1, -0.05) is 29.3 Å². The van der Waals surface area contributed by atoms with Gasteiger partial charge in [0.25, 0.3) is 5.91 Å². The molecule has 0 saturated heterocycles. The monoisotopic (exact) mass is 296 g/mol. The van der Waals surface area contributed by atoms with E-state index in [9.17, 15) is 4.79 Å². The Bertz CT molecular complexity index is 617. The van der Waals surface area contributed by atoms with Gasteiger partial charge in [0.2, 0.25) is 0 Å². The van der Waals surface area contributed by atoms with Crippen LogP contribution in [0.4, 0.5) is 5.82 Å². The van der Waals surface area contributed by atoms with Crippen molar-refractivity contribution < 1.29 is 9.53 Å². The highest BCUT2D eigenvalue weighted by Gasteiger charge is 2.13. The van der Waals surface area contributed by atoms with E-state index in [0.29, 0.717) is 27.3 Å². The van der Waals surface area contributed by atoms with E-state index < -0.39 is 0 Å². The Kier molecular flexibility index (Phi) is 4.24. The SMILES string of the molecule is COc1ccc(Cl)cc1C(=O)Nc1cccc(Cl)n1. The van der Waals surface area contributed by atoms with E-state index in [1.165, 1.54) is 13.2 Å². The van der Waals surface area contributed by atoms with Crippen molar-refractivity contribution in [3.63, 3.8) is 0 Å². The zero-order valence-corrected chi connectivity index (χ0v) is 11.5. The van der Waals surface area contributed by atoms with Gasteiger partial charge in [-0.05, 0) is 30.3 Å². The molecule has 0 unspecified atom stereocenters. The summed E-state index contributed by atoms with van der Waals surface area (Å²) in [4.78, 5) is 16.1. The van der Waals surface area contributed by atoms with E-state index in [-0.39, 0.29) is 5.91 Å². The van der Waals surface area contributed by atoms with Gasteiger partial charge in [0.05, 0.1) is 12.7 Å². The lowest BCUT2D eigenvalue weighted by Gasteiger charge is -2.09. The summed E-state index contributed by atoms with van der Waals surface area (Å²) in [6.45, 7) is 0. The van der Waals surface area contributed by atoms with Crippen LogP contribution in [-0.2, 0) is 0 Å². The van der Waals surface area contributed by atoms with Crippen LogP contribution in [0.25, 0.3) is 0 Å². The van der Waals surface area contributed by atoms with Crippen LogP contribution in [0.15, 0.2) is 36.4 Å². The average molecular weight is 297 g/mol. The maximum atomic E-state index is 12.1. The minimum absolute atomic E-state index is 0.302. The zero-order valence-electron chi connectivity index (χ0n) is 9.98. The molecule has 19 heavy (non-hydrogen) atoms. The molecule has 2 aromatic rings. The number of aromatic nitrogens is 1. The van der Waals surface area contributed by atoms with Gasteiger partial charge in [-0.2, -0.15) is 0 Å². The fourth-order valence-electron chi connectivity index (χ4n) is 1.52. The molecule has 0 fully saturated rings. The summed E-state index contributed by atoms with van der Waals surface area (Å²) in [5.41, 5.74) is 0.330. The summed E-state index contributed by atoms with van der Waals surface area (Å²) in [5, 5.41) is 3.38. The number of ether oxygens (including phenoxy) is 1. The fourth-order valence-corrected chi connectivity index (χ4v) is 1.86. The van der Waals surface area contributed by atoms with Crippen molar-refractivity contribution in [3.05, 3.63) is 52.1 Å². The van der Waals surface area contributed by atoms with Gasteiger partial charge in [0, 0.05) is 5.02 Å². The molecule has 98 valence electrons. The highest BCUT2D eigenvalue weighted by molar-refractivity contribution is 6.31. The Morgan fingerprint density at radius 1 is 1.26 bits per heavy atom. The van der Waals surface area contributed by atoms with Crippen LogP contribution in [0.2, 0.25) is 10.2 Å². The Morgan fingerprint density at radius 3 is 2.74 bits per heavy atom. The number of methoxy groups -OCH3 is 1. The molecule has 0 aliphatic carbocycles. The normalized spacial score (nSPS) is 10.1. The lowest BCUT2D eigenvalue weighted by molar-refractivity contribution is 0.102. The zero-order chi connectivity index (χ0) is 13.8. The highest BCUT2D eigenvalue weighted by Crippen LogP contribution is 2.23. The van der Waals surface area contributed by atoms with Crippen LogP contribution in [0, 0.1) is 0 Å². The molecule has 6 heteroatoms. The number of rotatable bonds is 3. The summed E-state index contributed by atoms with van der Waals surface area (Å²) in [6, 6.07) is 9.76. The van der Waals surface area contributed by atoms with E-state index in [1.54, 1.807) is 30.3 Å². The molecule has 4 nitrogen and oxygen atoms in total. The van der Waals surface area contributed by atoms with Crippen molar-refractivity contribution in [2.45, 2.75) is 0 Å². The van der Waals surface area contributed by atoms with E-state index >= 15 is 0 Å². The number of halogens is 2. The van der Waals surface area contributed by atoms with Crippen LogP contribution < -0.4 is 10.1 Å². The molecule has 0 saturated carbocycles. The molecule has 0 bridgehead atoms. The first kappa shape index (κ1) is 13.6. The second-order valence-electron chi connectivity index (χ2n) is 3.64. The third kappa shape index (κ3) is 3.36. The second kappa shape index (κ2) is 5.91. The predicted molar refractivity (Wildman–Crippen MR) is 75.2 cm³/mol. The Morgan fingerprint density at radius 2 is 2.05 bits per heavy atom. The van der Waals surface area contributed by atoms with Crippen LogP contribution >= 0.6 is 23.2 Å². The molecule has 1 aromatic carbocycles. The van der Waals surface area contributed by atoms with E-state index in [1.807, 2.05) is 0 Å². The smallest absolute Gasteiger partial charge is 0.260 e. The van der Waals surface area contributed by atoms with Gasteiger partial charge in [0.15, 0.2) is 0 Å². The number of hydrogen-bond donors (Lipinski definition) is 1. The first-order valence-electron chi connectivity index (χ1n) is 5.37. The van der Waals surface area contributed by atoms with E-state index in [4.69, 9.17) is 27.9 Å². The molecule has 0 spiro atoms. The average Bonchev–Trinajstić information content (AvgIpc) is 2.38. The lowest BCUT2D eigenvalue weighted by Crippen LogP contribution is -2.14. The maximum absolute atomic E-state index is 12.1. The van der Waals surface area contributed by atoms with E-state index in [0.717, 1.165) is 0 Å². The van der Waals surface area contributed by atoms with Crippen molar-refractivity contribution in [2.24, 2.45) is 0 Å².